The minimum absolute atomic E-state index is 0.00392. The highest BCUT2D eigenvalue weighted by Gasteiger charge is 2.17. The van der Waals surface area contributed by atoms with Gasteiger partial charge in [-0.1, -0.05) is 12.1 Å². The van der Waals surface area contributed by atoms with Gasteiger partial charge in [-0.15, -0.1) is 5.10 Å². The summed E-state index contributed by atoms with van der Waals surface area (Å²) in [6, 6.07) is 7.38. The van der Waals surface area contributed by atoms with E-state index in [1.54, 1.807) is 19.1 Å². The van der Waals surface area contributed by atoms with Crippen LogP contribution in [0.1, 0.15) is 16.3 Å². The lowest BCUT2D eigenvalue weighted by Gasteiger charge is -2.06. The van der Waals surface area contributed by atoms with Crippen molar-refractivity contribution in [2.45, 2.75) is 6.92 Å². The average molecular weight is 329 g/mol. The van der Waals surface area contributed by atoms with Crippen LogP contribution < -0.4 is 5.32 Å². The zero-order valence-electron chi connectivity index (χ0n) is 12.6. The molecule has 2 heterocycles. The second kappa shape index (κ2) is 6.41. The molecule has 1 N–H and O–H groups in total. The molecule has 3 rings (SSSR count). The highest BCUT2D eigenvalue weighted by Crippen LogP contribution is 2.12. The number of ether oxygens (including phenoxy) is 1. The molecule has 9 heteroatoms. The Labute approximate surface area is 135 Å². The van der Waals surface area contributed by atoms with Crippen LogP contribution in [-0.4, -0.2) is 38.1 Å². The summed E-state index contributed by atoms with van der Waals surface area (Å²) in [5.74, 6) is -2.09. The van der Waals surface area contributed by atoms with E-state index in [2.05, 4.69) is 20.4 Å². The molecule has 0 radical (unpaired) electrons. The molecule has 1 aromatic carbocycles. The van der Waals surface area contributed by atoms with E-state index in [-0.39, 0.29) is 17.3 Å². The van der Waals surface area contributed by atoms with E-state index in [0.717, 1.165) is 5.69 Å². The molecule has 24 heavy (non-hydrogen) atoms. The first-order valence-corrected chi connectivity index (χ1v) is 6.94. The monoisotopic (exact) mass is 329 g/mol. The van der Waals surface area contributed by atoms with Crippen LogP contribution >= 0.6 is 0 Å². The van der Waals surface area contributed by atoms with E-state index in [9.17, 15) is 14.0 Å². The number of hydrogen-bond acceptors (Lipinski definition) is 6. The van der Waals surface area contributed by atoms with Gasteiger partial charge >= 0.3 is 5.97 Å². The Morgan fingerprint density at radius 3 is 2.83 bits per heavy atom. The highest BCUT2D eigenvalue weighted by molar-refractivity contribution is 5.94. The topological polar surface area (TPSA) is 98.5 Å². The summed E-state index contributed by atoms with van der Waals surface area (Å²) >= 11 is 0. The first kappa shape index (κ1) is 15.5. The molecule has 0 aliphatic rings. The SMILES string of the molecule is Cc1ccnc2nc(C(=O)OCC(=O)Nc3ccccc3F)nn12. The van der Waals surface area contributed by atoms with Crippen LogP contribution in [0, 0.1) is 12.7 Å². The van der Waals surface area contributed by atoms with Gasteiger partial charge in [-0.3, -0.25) is 4.79 Å². The fourth-order valence-electron chi connectivity index (χ4n) is 1.94. The Morgan fingerprint density at radius 2 is 2.08 bits per heavy atom. The van der Waals surface area contributed by atoms with Crippen molar-refractivity contribution in [3.8, 4) is 0 Å². The average Bonchev–Trinajstić information content (AvgIpc) is 3.00. The number of esters is 1. The Kier molecular flexibility index (Phi) is 4.15. The van der Waals surface area contributed by atoms with Crippen molar-refractivity contribution >= 4 is 23.3 Å². The van der Waals surface area contributed by atoms with E-state index in [0.29, 0.717) is 0 Å². The minimum atomic E-state index is -0.872. The van der Waals surface area contributed by atoms with Crippen molar-refractivity contribution in [2.24, 2.45) is 0 Å². The fourth-order valence-corrected chi connectivity index (χ4v) is 1.94. The lowest BCUT2D eigenvalue weighted by Crippen LogP contribution is -2.22. The number of anilines is 1. The molecule has 3 aromatic rings. The van der Waals surface area contributed by atoms with Crippen LogP contribution in [0.25, 0.3) is 5.78 Å². The summed E-state index contributed by atoms with van der Waals surface area (Å²) < 4.78 is 19.6. The second-order valence-electron chi connectivity index (χ2n) is 4.84. The smallest absolute Gasteiger partial charge is 0.378 e. The lowest BCUT2D eigenvalue weighted by atomic mass is 10.3. The van der Waals surface area contributed by atoms with Gasteiger partial charge in [0.15, 0.2) is 6.61 Å². The molecule has 0 atom stereocenters. The summed E-state index contributed by atoms with van der Waals surface area (Å²) in [4.78, 5) is 31.5. The molecular formula is C15H12FN5O3. The Balaban J connectivity index is 1.63. The van der Waals surface area contributed by atoms with E-state index in [1.807, 2.05) is 0 Å². The number of hydrogen-bond donors (Lipinski definition) is 1. The van der Waals surface area contributed by atoms with Gasteiger partial charge in [0, 0.05) is 11.9 Å². The summed E-state index contributed by atoms with van der Waals surface area (Å²) in [5, 5.41) is 6.27. The number of nitrogens with zero attached hydrogens (tertiary/aromatic N) is 4. The van der Waals surface area contributed by atoms with Crippen molar-refractivity contribution in [1.29, 1.82) is 0 Å². The third kappa shape index (κ3) is 3.19. The molecule has 0 spiro atoms. The molecule has 0 saturated carbocycles. The van der Waals surface area contributed by atoms with Crippen LogP contribution in [0.15, 0.2) is 36.5 Å². The van der Waals surface area contributed by atoms with Crippen LogP contribution in [0.4, 0.5) is 10.1 Å². The van der Waals surface area contributed by atoms with Gasteiger partial charge in [-0.05, 0) is 25.1 Å². The number of aryl methyl sites for hydroxylation is 1. The minimum Gasteiger partial charge on any atom is -0.450 e. The van der Waals surface area contributed by atoms with Gasteiger partial charge in [0.2, 0.25) is 0 Å². The van der Waals surface area contributed by atoms with E-state index in [1.165, 1.54) is 28.9 Å². The molecular weight excluding hydrogens is 317 g/mol. The van der Waals surface area contributed by atoms with Gasteiger partial charge < -0.3 is 10.1 Å². The van der Waals surface area contributed by atoms with Gasteiger partial charge in [-0.25, -0.2) is 18.7 Å². The van der Waals surface area contributed by atoms with E-state index < -0.39 is 24.3 Å². The third-order valence-corrected chi connectivity index (χ3v) is 3.09. The molecule has 0 unspecified atom stereocenters. The number of aromatic nitrogens is 4. The van der Waals surface area contributed by atoms with Crippen LogP contribution in [0.2, 0.25) is 0 Å². The number of carbonyl (C=O) groups is 2. The number of rotatable bonds is 4. The van der Waals surface area contributed by atoms with E-state index in [4.69, 9.17) is 4.74 Å². The van der Waals surface area contributed by atoms with Crippen molar-refractivity contribution in [3.63, 3.8) is 0 Å². The van der Waals surface area contributed by atoms with Gasteiger partial charge in [0.25, 0.3) is 17.5 Å². The Morgan fingerprint density at radius 1 is 1.29 bits per heavy atom. The molecule has 8 nitrogen and oxygen atoms in total. The summed E-state index contributed by atoms with van der Waals surface area (Å²) in [6.45, 7) is 1.19. The maximum atomic E-state index is 13.4. The fraction of sp³-hybridized carbons (Fsp3) is 0.133. The maximum Gasteiger partial charge on any atom is 0.378 e. The van der Waals surface area contributed by atoms with Crippen LogP contribution in [0.3, 0.4) is 0 Å². The summed E-state index contributed by atoms with van der Waals surface area (Å²) in [7, 11) is 0. The predicted molar refractivity (Wildman–Crippen MR) is 80.8 cm³/mol. The number of benzene rings is 1. The molecule has 122 valence electrons. The molecule has 0 bridgehead atoms. The number of fused-ring (bicyclic) bond motifs is 1. The highest BCUT2D eigenvalue weighted by atomic mass is 19.1. The molecule has 0 saturated heterocycles. The zero-order chi connectivity index (χ0) is 17.1. The van der Waals surface area contributed by atoms with Gasteiger partial charge in [0.1, 0.15) is 5.82 Å². The molecule has 0 fully saturated rings. The van der Waals surface area contributed by atoms with Crippen molar-refractivity contribution in [2.75, 3.05) is 11.9 Å². The van der Waals surface area contributed by atoms with Crippen LogP contribution in [-0.2, 0) is 9.53 Å². The first-order chi connectivity index (χ1) is 11.5. The quantitative estimate of drug-likeness (QED) is 0.726. The molecule has 0 aliphatic heterocycles. The van der Waals surface area contributed by atoms with Crippen LogP contribution in [0.5, 0.6) is 0 Å². The van der Waals surface area contributed by atoms with Crippen molar-refractivity contribution in [3.05, 3.63) is 53.9 Å². The molecule has 2 aromatic heterocycles. The standard InChI is InChI=1S/C15H12FN5O3/c1-9-6-7-17-15-19-13(20-21(9)15)14(23)24-8-12(22)18-11-5-3-2-4-10(11)16/h2-7H,8H2,1H3,(H,18,22). The maximum absolute atomic E-state index is 13.4. The van der Waals surface area contributed by atoms with E-state index >= 15 is 0 Å². The number of carbonyl (C=O) groups excluding carboxylic acids is 2. The molecule has 1 amide bonds. The summed E-state index contributed by atoms with van der Waals surface area (Å²) in [6.07, 6.45) is 1.54. The number of nitrogens with one attached hydrogen (secondary N) is 1. The molecule has 0 aliphatic carbocycles. The normalized spacial score (nSPS) is 10.6. The Bertz CT molecular complexity index is 924. The number of para-hydroxylation sites is 1. The van der Waals surface area contributed by atoms with Gasteiger partial charge in [0.05, 0.1) is 5.69 Å². The second-order valence-corrected chi connectivity index (χ2v) is 4.84. The summed E-state index contributed by atoms with van der Waals surface area (Å²) in [5.41, 5.74) is 0.744. The lowest BCUT2D eigenvalue weighted by molar-refractivity contribution is -0.119. The first-order valence-electron chi connectivity index (χ1n) is 6.94. The number of amides is 1. The largest absolute Gasteiger partial charge is 0.450 e. The predicted octanol–water partition coefficient (Wildman–Crippen LogP) is 1.37. The zero-order valence-corrected chi connectivity index (χ0v) is 12.6. The van der Waals surface area contributed by atoms with Gasteiger partial charge in [-0.2, -0.15) is 4.98 Å². The Hall–Kier alpha value is -3.36. The third-order valence-electron chi connectivity index (χ3n) is 3.09. The van der Waals surface area contributed by atoms with Crippen molar-refractivity contribution < 1.29 is 18.7 Å². The van der Waals surface area contributed by atoms with Crippen molar-refractivity contribution in [1.82, 2.24) is 19.6 Å². The number of halogens is 1.